The molecule has 9 heteroatoms. The number of carboxylic acids is 1. The second-order valence-electron chi connectivity index (χ2n) is 4.41. The Morgan fingerprint density at radius 3 is 2.90 bits per heavy atom. The molecule has 2 heterocycles. The highest BCUT2D eigenvalue weighted by atomic mass is 16.4. The number of nitrogens with one attached hydrogen (secondary N) is 1. The molecular weight excluding hydrogens is 266 g/mol. The highest BCUT2D eigenvalue weighted by Crippen LogP contribution is 2.09. The van der Waals surface area contributed by atoms with Crippen molar-refractivity contribution in [2.75, 3.05) is 13.1 Å². The van der Waals surface area contributed by atoms with Crippen LogP contribution >= 0.6 is 0 Å². The van der Waals surface area contributed by atoms with Gasteiger partial charge in [-0.05, 0) is 6.42 Å². The molecule has 1 aromatic rings. The summed E-state index contributed by atoms with van der Waals surface area (Å²) in [6.07, 6.45) is 1.71. The maximum absolute atomic E-state index is 12.2. The molecule has 1 unspecified atom stereocenters. The first-order chi connectivity index (χ1) is 9.52. The van der Waals surface area contributed by atoms with Crippen molar-refractivity contribution in [2.24, 2.45) is 0 Å². The number of rotatable bonds is 4. The van der Waals surface area contributed by atoms with Gasteiger partial charge in [-0.3, -0.25) is 9.59 Å². The number of carboxylic acid groups (broad SMARTS) is 1. The van der Waals surface area contributed by atoms with Crippen LogP contribution in [0, 0.1) is 0 Å². The van der Waals surface area contributed by atoms with Gasteiger partial charge in [-0.1, -0.05) is 12.1 Å². The molecule has 1 aromatic heterocycles. The number of amides is 2. The average Bonchev–Trinajstić information content (AvgIpc) is 2.87. The summed E-state index contributed by atoms with van der Waals surface area (Å²) in [4.78, 5) is 36.0. The molecule has 0 spiro atoms. The number of carbonyl (C=O) groups excluding carboxylic acids is 2. The van der Waals surface area contributed by atoms with Gasteiger partial charge < -0.3 is 15.3 Å². The van der Waals surface area contributed by atoms with Gasteiger partial charge >= 0.3 is 5.97 Å². The molecule has 9 nitrogen and oxygen atoms in total. The highest BCUT2D eigenvalue weighted by molar-refractivity contribution is 5.89. The first kappa shape index (κ1) is 14.0. The van der Waals surface area contributed by atoms with Crippen LogP contribution in [0.1, 0.15) is 23.8 Å². The zero-order valence-electron chi connectivity index (χ0n) is 10.9. The van der Waals surface area contributed by atoms with Gasteiger partial charge in [-0.25, -0.2) is 9.48 Å². The monoisotopic (exact) mass is 281 g/mol. The lowest BCUT2D eigenvalue weighted by molar-refractivity contribution is -0.143. The smallest absolute Gasteiger partial charge is 0.358 e. The third-order valence-electron chi connectivity index (χ3n) is 3.09. The van der Waals surface area contributed by atoms with E-state index in [-0.39, 0.29) is 24.1 Å². The van der Waals surface area contributed by atoms with Gasteiger partial charge in [0.2, 0.25) is 11.8 Å². The van der Waals surface area contributed by atoms with Gasteiger partial charge in [0.05, 0.1) is 6.20 Å². The van der Waals surface area contributed by atoms with Crippen LogP contribution in [0.25, 0.3) is 0 Å². The molecule has 1 atom stereocenters. The lowest BCUT2D eigenvalue weighted by Gasteiger charge is -2.34. The molecule has 0 saturated carbocycles. The Kier molecular flexibility index (Phi) is 3.97. The number of piperazine rings is 1. The zero-order valence-corrected chi connectivity index (χ0v) is 10.9. The molecule has 0 bridgehead atoms. The van der Waals surface area contributed by atoms with Crippen LogP contribution in [0.5, 0.6) is 0 Å². The third-order valence-corrected chi connectivity index (χ3v) is 3.09. The first-order valence-corrected chi connectivity index (χ1v) is 6.23. The summed E-state index contributed by atoms with van der Waals surface area (Å²) in [6.45, 7) is 2.54. The molecule has 108 valence electrons. The Morgan fingerprint density at radius 1 is 1.55 bits per heavy atom. The van der Waals surface area contributed by atoms with Crippen molar-refractivity contribution in [3.63, 3.8) is 0 Å². The lowest BCUT2D eigenvalue weighted by atomic mass is 10.1. The van der Waals surface area contributed by atoms with Gasteiger partial charge in [0.25, 0.3) is 0 Å². The molecule has 1 aliphatic rings. The van der Waals surface area contributed by atoms with Crippen molar-refractivity contribution in [1.29, 1.82) is 0 Å². The van der Waals surface area contributed by atoms with E-state index in [0.717, 1.165) is 4.68 Å². The fourth-order valence-electron chi connectivity index (χ4n) is 2.12. The lowest BCUT2D eigenvalue weighted by Crippen LogP contribution is -2.57. The van der Waals surface area contributed by atoms with Gasteiger partial charge in [0, 0.05) is 13.1 Å². The number of aromatic carboxylic acids is 1. The Hall–Kier alpha value is -2.45. The summed E-state index contributed by atoms with van der Waals surface area (Å²) in [5.41, 5.74) is -0.221. The van der Waals surface area contributed by atoms with Crippen LogP contribution < -0.4 is 5.32 Å². The Bertz CT molecular complexity index is 541. The van der Waals surface area contributed by atoms with Crippen molar-refractivity contribution >= 4 is 17.8 Å². The van der Waals surface area contributed by atoms with E-state index in [0.29, 0.717) is 19.5 Å². The quantitative estimate of drug-likeness (QED) is 0.709. The number of hydrogen-bond donors (Lipinski definition) is 2. The summed E-state index contributed by atoms with van der Waals surface area (Å²) in [7, 11) is 0. The predicted molar refractivity (Wildman–Crippen MR) is 65.8 cm³/mol. The van der Waals surface area contributed by atoms with E-state index in [1.165, 1.54) is 11.1 Å². The molecule has 2 rings (SSSR count). The van der Waals surface area contributed by atoms with Gasteiger partial charge in [0.1, 0.15) is 12.6 Å². The molecule has 1 saturated heterocycles. The van der Waals surface area contributed by atoms with Crippen LogP contribution in [0.3, 0.4) is 0 Å². The van der Waals surface area contributed by atoms with E-state index in [2.05, 4.69) is 15.6 Å². The fraction of sp³-hybridized carbons (Fsp3) is 0.545. The van der Waals surface area contributed by atoms with E-state index in [1.54, 1.807) is 0 Å². The van der Waals surface area contributed by atoms with Crippen molar-refractivity contribution in [3.8, 4) is 0 Å². The van der Waals surface area contributed by atoms with Crippen molar-refractivity contribution < 1.29 is 19.5 Å². The molecule has 0 aliphatic carbocycles. The van der Waals surface area contributed by atoms with Crippen LogP contribution in [0.15, 0.2) is 6.20 Å². The highest BCUT2D eigenvalue weighted by Gasteiger charge is 2.31. The third kappa shape index (κ3) is 2.76. The summed E-state index contributed by atoms with van der Waals surface area (Å²) >= 11 is 0. The Balaban J connectivity index is 2.06. The molecule has 2 amide bonds. The van der Waals surface area contributed by atoms with Crippen molar-refractivity contribution in [2.45, 2.75) is 25.9 Å². The minimum atomic E-state index is -1.20. The van der Waals surface area contributed by atoms with E-state index in [4.69, 9.17) is 5.11 Å². The average molecular weight is 281 g/mol. The van der Waals surface area contributed by atoms with Gasteiger partial charge in [0.15, 0.2) is 5.69 Å². The normalized spacial score (nSPS) is 18.8. The summed E-state index contributed by atoms with van der Waals surface area (Å²) < 4.78 is 1.16. The summed E-state index contributed by atoms with van der Waals surface area (Å²) in [5, 5.41) is 18.4. The minimum Gasteiger partial charge on any atom is -0.476 e. The largest absolute Gasteiger partial charge is 0.476 e. The number of hydrogen-bond acceptors (Lipinski definition) is 5. The SMILES string of the molecule is CCC1C(=O)NCCN1C(=O)Cn1cc(C(=O)O)nn1. The van der Waals surface area contributed by atoms with Crippen LogP contribution in [-0.4, -0.2) is 61.9 Å². The molecule has 0 radical (unpaired) electrons. The second kappa shape index (κ2) is 5.68. The van der Waals surface area contributed by atoms with E-state index >= 15 is 0 Å². The van der Waals surface area contributed by atoms with Crippen LogP contribution in [0.4, 0.5) is 0 Å². The number of carbonyl (C=O) groups is 3. The molecule has 20 heavy (non-hydrogen) atoms. The summed E-state index contributed by atoms with van der Waals surface area (Å²) in [6, 6.07) is -0.487. The van der Waals surface area contributed by atoms with Crippen molar-refractivity contribution in [1.82, 2.24) is 25.2 Å². The molecule has 1 fully saturated rings. The Morgan fingerprint density at radius 2 is 2.30 bits per heavy atom. The number of aromatic nitrogens is 3. The molecular formula is C11H15N5O4. The fourth-order valence-corrected chi connectivity index (χ4v) is 2.12. The second-order valence-corrected chi connectivity index (χ2v) is 4.41. The van der Waals surface area contributed by atoms with Crippen molar-refractivity contribution in [3.05, 3.63) is 11.9 Å². The summed E-state index contributed by atoms with van der Waals surface area (Å²) in [5.74, 6) is -1.65. The topological polar surface area (TPSA) is 117 Å². The Labute approximate surface area is 114 Å². The maximum atomic E-state index is 12.2. The number of nitrogens with zero attached hydrogens (tertiary/aromatic N) is 4. The standard InChI is InChI=1S/C11H15N5O4/c1-2-8-10(18)12-3-4-16(8)9(17)6-15-5-7(11(19)20)13-14-15/h5,8H,2-4,6H2,1H3,(H,12,18)(H,19,20). The van der Waals surface area contributed by atoms with Gasteiger partial charge in [-0.15, -0.1) is 5.10 Å². The molecule has 0 aromatic carbocycles. The first-order valence-electron chi connectivity index (χ1n) is 6.23. The van der Waals surface area contributed by atoms with Gasteiger partial charge in [-0.2, -0.15) is 0 Å². The predicted octanol–water partition coefficient (Wildman–Crippen LogP) is -1.29. The van der Waals surface area contributed by atoms with E-state index in [9.17, 15) is 14.4 Å². The van der Waals surface area contributed by atoms with Crippen LogP contribution in [-0.2, 0) is 16.1 Å². The zero-order chi connectivity index (χ0) is 14.7. The van der Waals surface area contributed by atoms with Crippen LogP contribution in [0.2, 0.25) is 0 Å². The maximum Gasteiger partial charge on any atom is 0.358 e. The van der Waals surface area contributed by atoms with E-state index < -0.39 is 12.0 Å². The molecule has 2 N–H and O–H groups in total. The van der Waals surface area contributed by atoms with E-state index in [1.807, 2.05) is 6.92 Å². The molecule has 1 aliphatic heterocycles. The minimum absolute atomic E-state index is 0.135.